The lowest BCUT2D eigenvalue weighted by Crippen LogP contribution is -2.71. The smallest absolute Gasteiger partial charge is 0.409 e. The summed E-state index contributed by atoms with van der Waals surface area (Å²) in [6, 6.07) is 1.97. The van der Waals surface area contributed by atoms with Crippen molar-refractivity contribution < 1.29 is 34.1 Å². The molecule has 0 spiro atoms. The number of hydrogen-bond donors (Lipinski definition) is 4. The van der Waals surface area contributed by atoms with E-state index in [-0.39, 0.29) is 5.75 Å². The van der Waals surface area contributed by atoms with E-state index in [1.54, 1.807) is 13.8 Å². The zero-order valence-electron chi connectivity index (χ0n) is 16.0. The van der Waals surface area contributed by atoms with Crippen LogP contribution in [0.1, 0.15) is 25.5 Å². The molecule has 0 bridgehead atoms. The number of carboxylic acids is 1. The highest BCUT2D eigenvalue weighted by Gasteiger charge is 2.64. The lowest BCUT2D eigenvalue weighted by atomic mass is 9.95. The summed E-state index contributed by atoms with van der Waals surface area (Å²) in [5.74, 6) is -2.34. The number of phenols is 1. The van der Waals surface area contributed by atoms with Crippen LogP contribution >= 0.6 is 23.4 Å². The van der Waals surface area contributed by atoms with Crippen LogP contribution in [0.15, 0.2) is 24.3 Å². The Morgan fingerprint density at radius 3 is 2.50 bits per heavy atom. The number of carbonyl (C=O) groups is 4. The van der Waals surface area contributed by atoms with Crippen molar-refractivity contribution in [1.29, 1.82) is 0 Å². The van der Waals surface area contributed by atoms with E-state index in [0.717, 1.165) is 0 Å². The van der Waals surface area contributed by atoms with Crippen molar-refractivity contribution in [3.05, 3.63) is 29.8 Å². The highest BCUT2D eigenvalue weighted by Crippen LogP contribution is 2.50. The molecule has 4 atom stereocenters. The van der Waals surface area contributed by atoms with Crippen molar-refractivity contribution in [2.45, 2.75) is 42.1 Å². The van der Waals surface area contributed by atoms with Gasteiger partial charge in [-0.2, -0.15) is 0 Å². The minimum absolute atomic E-state index is 0.0321. The topological polar surface area (TPSA) is 145 Å². The van der Waals surface area contributed by atoms with Crippen molar-refractivity contribution in [3.63, 3.8) is 0 Å². The Balaban J connectivity index is 1.78. The molecule has 2 saturated heterocycles. The number of amides is 3. The molecule has 1 aromatic carbocycles. The predicted octanol–water partition coefficient (Wildman–Crippen LogP) is 0.988. The maximum Gasteiger partial charge on any atom is 0.409 e. The van der Waals surface area contributed by atoms with Gasteiger partial charge in [0.25, 0.3) is 0 Å². The third-order valence-electron chi connectivity index (χ3n) is 4.91. The third-order valence-corrected chi connectivity index (χ3v) is 6.59. The molecule has 0 saturated carbocycles. The number of aromatic hydroxyl groups is 1. The first-order valence-corrected chi connectivity index (χ1v) is 10.3. The van der Waals surface area contributed by atoms with Gasteiger partial charge in [-0.05, 0) is 31.5 Å². The number of rotatable bonds is 6. The van der Waals surface area contributed by atoms with Gasteiger partial charge in [0.2, 0.25) is 11.8 Å². The molecule has 10 nitrogen and oxygen atoms in total. The van der Waals surface area contributed by atoms with Gasteiger partial charge in [0, 0.05) is 4.75 Å². The largest absolute Gasteiger partial charge is 0.508 e. The van der Waals surface area contributed by atoms with Gasteiger partial charge < -0.3 is 30.5 Å². The fourth-order valence-electron chi connectivity index (χ4n) is 3.56. The van der Waals surface area contributed by atoms with Crippen LogP contribution in [0.3, 0.4) is 0 Å². The molecule has 0 radical (unpaired) electrons. The molecule has 3 amide bonds. The SMILES string of the molecule is CC1(C)S[C@@H]2C(NC(=O)C(NC(=O)OCCl)c3ccc(O)cc3)C(=O)N2[C@H]1C(=O)O. The summed E-state index contributed by atoms with van der Waals surface area (Å²) in [6.45, 7) is 3.45. The van der Waals surface area contributed by atoms with E-state index in [9.17, 15) is 29.4 Å². The molecule has 162 valence electrons. The lowest BCUT2D eigenvalue weighted by molar-refractivity contribution is -0.161. The molecule has 2 aliphatic rings. The van der Waals surface area contributed by atoms with Crippen LogP contribution < -0.4 is 10.6 Å². The Morgan fingerprint density at radius 2 is 1.93 bits per heavy atom. The van der Waals surface area contributed by atoms with Crippen molar-refractivity contribution in [3.8, 4) is 5.75 Å². The number of alkyl carbamates (subject to hydrolysis) is 1. The minimum atomic E-state index is -1.22. The number of alkyl halides is 1. The van der Waals surface area contributed by atoms with Crippen LogP contribution in [-0.4, -0.2) is 67.3 Å². The summed E-state index contributed by atoms with van der Waals surface area (Å²) in [7, 11) is 0. The van der Waals surface area contributed by atoms with Gasteiger partial charge in [0.05, 0.1) is 0 Å². The number of benzene rings is 1. The van der Waals surface area contributed by atoms with Crippen LogP contribution in [0.25, 0.3) is 0 Å². The summed E-state index contributed by atoms with van der Waals surface area (Å²) >= 11 is 6.66. The second kappa shape index (κ2) is 8.23. The van der Waals surface area contributed by atoms with Crippen LogP contribution in [0.4, 0.5) is 4.79 Å². The molecule has 2 heterocycles. The Morgan fingerprint density at radius 1 is 1.30 bits per heavy atom. The minimum Gasteiger partial charge on any atom is -0.508 e. The number of carbonyl (C=O) groups excluding carboxylic acids is 3. The zero-order chi connectivity index (χ0) is 22.2. The number of β-lactam (4-membered cyclic amide) rings is 1. The van der Waals surface area contributed by atoms with Crippen LogP contribution in [0.2, 0.25) is 0 Å². The van der Waals surface area contributed by atoms with E-state index in [1.807, 2.05) is 0 Å². The Hall–Kier alpha value is -2.66. The molecule has 0 aromatic heterocycles. The molecular weight excluding hydrogens is 438 g/mol. The average Bonchev–Trinajstić information content (AvgIpc) is 2.93. The van der Waals surface area contributed by atoms with Crippen molar-refractivity contribution in [2.24, 2.45) is 0 Å². The first-order valence-electron chi connectivity index (χ1n) is 8.88. The normalized spacial score (nSPS) is 25.0. The number of aliphatic carboxylic acids is 1. The highest BCUT2D eigenvalue weighted by atomic mass is 35.5. The summed E-state index contributed by atoms with van der Waals surface area (Å²) in [6.07, 6.45) is -0.942. The molecule has 0 aliphatic carbocycles. The van der Waals surface area contributed by atoms with Gasteiger partial charge in [0.15, 0.2) is 6.07 Å². The van der Waals surface area contributed by atoms with Crippen molar-refractivity contribution >= 4 is 47.2 Å². The number of halogens is 1. The van der Waals surface area contributed by atoms with Crippen LogP contribution in [0.5, 0.6) is 5.75 Å². The summed E-state index contributed by atoms with van der Waals surface area (Å²) < 4.78 is 3.88. The molecule has 2 fully saturated rings. The quantitative estimate of drug-likeness (QED) is 0.365. The van der Waals surface area contributed by atoms with Gasteiger partial charge in [-0.25, -0.2) is 9.59 Å². The lowest BCUT2D eigenvalue weighted by Gasteiger charge is -2.43. The van der Waals surface area contributed by atoms with E-state index in [1.165, 1.54) is 40.9 Å². The first-order chi connectivity index (χ1) is 14.1. The zero-order valence-corrected chi connectivity index (χ0v) is 17.6. The molecule has 30 heavy (non-hydrogen) atoms. The first kappa shape index (κ1) is 22.0. The number of nitrogens with one attached hydrogen (secondary N) is 2. The van der Waals surface area contributed by atoms with Gasteiger partial charge in [-0.3, -0.25) is 9.59 Å². The monoisotopic (exact) mass is 457 g/mol. The average molecular weight is 458 g/mol. The Kier molecular flexibility index (Phi) is 6.04. The number of phenolic OH excluding ortho intramolecular Hbond substituents is 1. The van der Waals surface area contributed by atoms with E-state index < -0.39 is 58.2 Å². The second-order valence-electron chi connectivity index (χ2n) is 7.29. The Labute approximate surface area is 180 Å². The standard InChI is InChI=1S/C18H20ClN3O7S/c1-18(2)12(16(26)27)22-14(25)11(15(22)30-18)20-13(24)10(21-17(28)29-7-19)8-3-5-9(23)6-4-8/h3-6,10-12,15,23H,7H2,1-2H3,(H,20,24)(H,21,28)(H,26,27)/t10?,11?,12-,15+/m0/s1. The maximum absolute atomic E-state index is 12.9. The number of thioether (sulfide) groups is 1. The Bertz CT molecular complexity index is 879. The molecule has 1 aromatic rings. The van der Waals surface area contributed by atoms with Crippen molar-refractivity contribution in [1.82, 2.24) is 15.5 Å². The molecule has 3 rings (SSSR count). The van der Waals surface area contributed by atoms with E-state index >= 15 is 0 Å². The number of nitrogens with zero attached hydrogens (tertiary/aromatic N) is 1. The molecule has 2 aliphatic heterocycles. The van der Waals surface area contributed by atoms with Crippen LogP contribution in [-0.2, 0) is 19.1 Å². The van der Waals surface area contributed by atoms with Gasteiger partial charge >= 0.3 is 12.1 Å². The van der Waals surface area contributed by atoms with Crippen molar-refractivity contribution in [2.75, 3.05) is 6.07 Å². The second-order valence-corrected chi connectivity index (χ2v) is 9.28. The van der Waals surface area contributed by atoms with Gasteiger partial charge in [0.1, 0.15) is 29.2 Å². The number of ether oxygens (including phenoxy) is 1. The summed E-state index contributed by atoms with van der Waals surface area (Å²) in [5, 5.41) is 23.4. The summed E-state index contributed by atoms with van der Waals surface area (Å²) in [5.41, 5.74) is 0.336. The van der Waals surface area contributed by atoms with Gasteiger partial charge in [-0.15, -0.1) is 11.8 Å². The molecule has 4 N–H and O–H groups in total. The fourth-order valence-corrected chi connectivity index (χ4v) is 5.28. The number of hydrogen-bond acceptors (Lipinski definition) is 7. The van der Waals surface area contributed by atoms with E-state index in [0.29, 0.717) is 5.56 Å². The number of fused-ring (bicyclic) bond motifs is 1. The number of carboxylic acid groups (broad SMARTS) is 1. The van der Waals surface area contributed by atoms with Gasteiger partial charge in [-0.1, -0.05) is 23.7 Å². The predicted molar refractivity (Wildman–Crippen MR) is 107 cm³/mol. The molecular formula is C18H20ClN3O7S. The summed E-state index contributed by atoms with van der Waals surface area (Å²) in [4.78, 5) is 50.2. The third kappa shape index (κ3) is 3.99. The van der Waals surface area contributed by atoms with E-state index in [4.69, 9.17) is 11.6 Å². The highest BCUT2D eigenvalue weighted by molar-refractivity contribution is 8.01. The van der Waals surface area contributed by atoms with E-state index in [2.05, 4.69) is 15.4 Å². The van der Waals surface area contributed by atoms with Crippen LogP contribution in [0, 0.1) is 0 Å². The molecule has 2 unspecified atom stereocenters. The molecule has 12 heteroatoms. The fraction of sp³-hybridized carbons (Fsp3) is 0.444. The maximum atomic E-state index is 12.9.